The van der Waals surface area contributed by atoms with E-state index >= 15 is 0 Å². The molecular formula is C9H10ClN3S2. The Labute approximate surface area is 101 Å². The van der Waals surface area contributed by atoms with Crippen molar-refractivity contribution >= 4 is 34.5 Å². The molecule has 2 heterocycles. The van der Waals surface area contributed by atoms with E-state index in [1.807, 2.05) is 11.4 Å². The molecule has 0 amide bonds. The molecule has 0 aliphatic heterocycles. The largest absolute Gasteiger partial charge is 0.305 e. The smallest absolute Gasteiger partial charge is 0.0812 e. The van der Waals surface area contributed by atoms with Crippen molar-refractivity contribution in [1.29, 1.82) is 0 Å². The highest BCUT2D eigenvalue weighted by Gasteiger charge is 2.19. The van der Waals surface area contributed by atoms with Crippen LogP contribution < -0.4 is 5.32 Å². The predicted octanol–water partition coefficient (Wildman–Crippen LogP) is 2.95. The van der Waals surface area contributed by atoms with E-state index in [4.69, 9.17) is 11.6 Å². The van der Waals surface area contributed by atoms with Crippen LogP contribution in [-0.2, 0) is 0 Å². The summed E-state index contributed by atoms with van der Waals surface area (Å²) < 4.78 is 3.88. The fourth-order valence-corrected chi connectivity index (χ4v) is 3.26. The number of hydrogen-bond acceptors (Lipinski definition) is 5. The van der Waals surface area contributed by atoms with Crippen LogP contribution in [0, 0.1) is 0 Å². The predicted molar refractivity (Wildman–Crippen MR) is 64.8 cm³/mol. The van der Waals surface area contributed by atoms with Crippen LogP contribution in [0.4, 0.5) is 0 Å². The normalized spacial score (nSPS) is 12.9. The summed E-state index contributed by atoms with van der Waals surface area (Å²) in [5.74, 6) is 0. The zero-order valence-electron chi connectivity index (χ0n) is 8.11. The molecule has 2 rings (SSSR count). The van der Waals surface area contributed by atoms with Crippen molar-refractivity contribution in [2.75, 3.05) is 6.54 Å². The lowest BCUT2D eigenvalue weighted by atomic mass is 10.2. The van der Waals surface area contributed by atoms with Gasteiger partial charge in [-0.3, -0.25) is 0 Å². The first-order valence-electron chi connectivity index (χ1n) is 4.56. The second-order valence-electron chi connectivity index (χ2n) is 2.94. The Balaban J connectivity index is 2.32. The van der Waals surface area contributed by atoms with Crippen LogP contribution in [0.3, 0.4) is 0 Å². The molecular weight excluding hydrogens is 250 g/mol. The summed E-state index contributed by atoms with van der Waals surface area (Å²) in [6.45, 7) is 2.96. The van der Waals surface area contributed by atoms with Crippen LogP contribution in [0.2, 0.25) is 5.02 Å². The van der Waals surface area contributed by atoms with E-state index in [9.17, 15) is 0 Å². The quantitative estimate of drug-likeness (QED) is 0.917. The van der Waals surface area contributed by atoms with E-state index in [0.717, 1.165) is 21.3 Å². The minimum atomic E-state index is 0.127. The molecule has 0 radical (unpaired) electrons. The van der Waals surface area contributed by atoms with Crippen molar-refractivity contribution in [3.63, 3.8) is 0 Å². The van der Waals surface area contributed by atoms with Gasteiger partial charge in [0, 0.05) is 4.88 Å². The molecule has 2 aromatic rings. The van der Waals surface area contributed by atoms with Crippen LogP contribution in [0.25, 0.3) is 0 Å². The lowest BCUT2D eigenvalue weighted by Gasteiger charge is -2.14. The number of hydrogen-bond donors (Lipinski definition) is 1. The van der Waals surface area contributed by atoms with E-state index in [1.165, 1.54) is 11.5 Å². The van der Waals surface area contributed by atoms with E-state index in [0.29, 0.717) is 0 Å². The van der Waals surface area contributed by atoms with Gasteiger partial charge in [-0.15, -0.1) is 16.4 Å². The molecule has 0 fully saturated rings. The van der Waals surface area contributed by atoms with Gasteiger partial charge in [-0.2, -0.15) is 0 Å². The number of aromatic nitrogens is 2. The average Bonchev–Trinajstić information content (AvgIpc) is 2.85. The van der Waals surface area contributed by atoms with Crippen LogP contribution >= 0.6 is 34.5 Å². The Morgan fingerprint density at radius 2 is 2.47 bits per heavy atom. The topological polar surface area (TPSA) is 37.8 Å². The molecule has 0 saturated heterocycles. The second-order valence-corrected chi connectivity index (χ2v) is 5.12. The van der Waals surface area contributed by atoms with E-state index in [2.05, 4.69) is 21.8 Å². The summed E-state index contributed by atoms with van der Waals surface area (Å²) >= 11 is 9.18. The average molecular weight is 260 g/mol. The molecule has 80 valence electrons. The van der Waals surface area contributed by atoms with Gasteiger partial charge in [0.2, 0.25) is 0 Å². The molecule has 1 atom stereocenters. The fraction of sp³-hybridized carbons (Fsp3) is 0.333. The van der Waals surface area contributed by atoms with Gasteiger partial charge in [0.1, 0.15) is 0 Å². The van der Waals surface area contributed by atoms with Crippen molar-refractivity contribution in [3.8, 4) is 0 Å². The monoisotopic (exact) mass is 259 g/mol. The Hall–Kier alpha value is -0.490. The fourth-order valence-electron chi connectivity index (χ4n) is 1.34. The van der Waals surface area contributed by atoms with E-state index in [1.54, 1.807) is 17.5 Å². The Morgan fingerprint density at radius 1 is 1.60 bits per heavy atom. The molecule has 1 N–H and O–H groups in total. The molecule has 3 nitrogen and oxygen atoms in total. The van der Waals surface area contributed by atoms with E-state index in [-0.39, 0.29) is 6.04 Å². The van der Waals surface area contributed by atoms with Crippen molar-refractivity contribution in [3.05, 3.63) is 32.4 Å². The van der Waals surface area contributed by atoms with Gasteiger partial charge in [-0.05, 0) is 29.5 Å². The van der Waals surface area contributed by atoms with Crippen LogP contribution in [-0.4, -0.2) is 16.1 Å². The van der Waals surface area contributed by atoms with Gasteiger partial charge in [-0.25, -0.2) is 0 Å². The van der Waals surface area contributed by atoms with Crippen LogP contribution in [0.15, 0.2) is 17.6 Å². The van der Waals surface area contributed by atoms with Gasteiger partial charge in [0.25, 0.3) is 0 Å². The third-order valence-corrected chi connectivity index (χ3v) is 4.13. The SMILES string of the molecule is CCNC(c1cnns1)c1sccc1Cl. The summed E-state index contributed by atoms with van der Waals surface area (Å²) in [5.41, 5.74) is 0. The maximum Gasteiger partial charge on any atom is 0.0812 e. The van der Waals surface area contributed by atoms with Gasteiger partial charge in [0.15, 0.2) is 0 Å². The highest BCUT2D eigenvalue weighted by atomic mass is 35.5. The molecule has 2 aromatic heterocycles. The highest BCUT2D eigenvalue weighted by Crippen LogP contribution is 2.33. The molecule has 0 spiro atoms. The number of rotatable bonds is 4. The van der Waals surface area contributed by atoms with Crippen LogP contribution in [0.5, 0.6) is 0 Å². The maximum atomic E-state index is 6.12. The molecule has 0 aliphatic carbocycles. The Kier molecular flexibility index (Phi) is 3.69. The third kappa shape index (κ3) is 2.36. The molecule has 1 unspecified atom stereocenters. The molecule has 0 saturated carbocycles. The maximum absolute atomic E-state index is 6.12. The van der Waals surface area contributed by atoms with Gasteiger partial charge < -0.3 is 5.32 Å². The molecule has 6 heteroatoms. The number of thiophene rings is 1. The number of halogens is 1. The second kappa shape index (κ2) is 5.03. The molecule has 15 heavy (non-hydrogen) atoms. The standard InChI is InChI=1S/C9H10ClN3S2/c1-2-11-8(7-5-12-13-15-7)9-6(10)3-4-14-9/h3-5,8,11H,2H2,1H3. The van der Waals surface area contributed by atoms with Gasteiger partial charge in [0.05, 0.1) is 22.1 Å². The Morgan fingerprint density at radius 3 is 3.00 bits per heavy atom. The zero-order valence-corrected chi connectivity index (χ0v) is 10.5. The Bertz CT molecular complexity index is 413. The first-order chi connectivity index (χ1) is 7.33. The lowest BCUT2D eigenvalue weighted by molar-refractivity contribution is 0.648. The minimum Gasteiger partial charge on any atom is -0.305 e. The van der Waals surface area contributed by atoms with Gasteiger partial charge >= 0.3 is 0 Å². The number of nitrogens with one attached hydrogen (secondary N) is 1. The van der Waals surface area contributed by atoms with Crippen molar-refractivity contribution in [1.82, 2.24) is 14.9 Å². The summed E-state index contributed by atoms with van der Waals surface area (Å²) in [6, 6.07) is 2.04. The highest BCUT2D eigenvalue weighted by molar-refractivity contribution is 7.11. The molecule has 0 aromatic carbocycles. The van der Waals surface area contributed by atoms with Crippen molar-refractivity contribution < 1.29 is 0 Å². The first kappa shape index (κ1) is 11.0. The van der Waals surface area contributed by atoms with Crippen molar-refractivity contribution in [2.24, 2.45) is 0 Å². The molecule has 0 aliphatic rings. The van der Waals surface area contributed by atoms with Crippen molar-refractivity contribution in [2.45, 2.75) is 13.0 Å². The number of nitrogens with zero attached hydrogens (tertiary/aromatic N) is 2. The van der Waals surface area contributed by atoms with Gasteiger partial charge in [-0.1, -0.05) is 23.0 Å². The van der Waals surface area contributed by atoms with Crippen LogP contribution in [0.1, 0.15) is 22.7 Å². The first-order valence-corrected chi connectivity index (χ1v) is 6.59. The van der Waals surface area contributed by atoms with E-state index < -0.39 is 0 Å². The third-order valence-electron chi connectivity index (χ3n) is 1.98. The summed E-state index contributed by atoms with van der Waals surface area (Å²) in [4.78, 5) is 2.23. The summed E-state index contributed by atoms with van der Waals surface area (Å²) in [7, 11) is 0. The summed E-state index contributed by atoms with van der Waals surface area (Å²) in [5, 5.41) is 10.0. The minimum absolute atomic E-state index is 0.127. The lowest BCUT2D eigenvalue weighted by Crippen LogP contribution is -2.20. The zero-order chi connectivity index (χ0) is 10.7. The summed E-state index contributed by atoms with van der Waals surface area (Å²) in [6.07, 6.45) is 1.79. The molecule has 0 bridgehead atoms.